The highest BCUT2D eigenvalue weighted by molar-refractivity contribution is 14.0. The molecule has 0 saturated heterocycles. The molecule has 9 heteroatoms. The van der Waals surface area contributed by atoms with E-state index >= 15 is 0 Å². The van der Waals surface area contributed by atoms with E-state index in [4.69, 9.17) is 25.5 Å². The van der Waals surface area contributed by atoms with Crippen molar-refractivity contribution in [2.45, 2.75) is 26.5 Å². The Hall–Kier alpha value is -1.94. The molecule has 1 heterocycles. The number of hydrogen-bond acceptors (Lipinski definition) is 5. The predicted octanol–water partition coefficient (Wildman–Crippen LogP) is 3.78. The van der Waals surface area contributed by atoms with E-state index in [1.54, 1.807) is 32.2 Å². The van der Waals surface area contributed by atoms with Gasteiger partial charge in [-0.15, -0.1) is 24.0 Å². The van der Waals surface area contributed by atoms with Crippen LogP contribution in [0.1, 0.15) is 28.8 Å². The summed E-state index contributed by atoms with van der Waals surface area (Å²) < 4.78 is 16.1. The van der Waals surface area contributed by atoms with E-state index < -0.39 is 5.97 Å². The zero-order valence-corrected chi connectivity index (χ0v) is 19.3. The highest BCUT2D eigenvalue weighted by Gasteiger charge is 2.15. The second-order valence-corrected chi connectivity index (χ2v) is 6.30. The minimum atomic E-state index is -0.418. The molecule has 0 aliphatic rings. The van der Waals surface area contributed by atoms with Crippen molar-refractivity contribution in [1.29, 1.82) is 0 Å². The molecule has 0 fully saturated rings. The molecule has 1 aromatic heterocycles. The first-order chi connectivity index (χ1) is 12.9. The van der Waals surface area contributed by atoms with Crippen LogP contribution in [-0.2, 0) is 11.3 Å². The molecule has 7 nitrogen and oxygen atoms in total. The Morgan fingerprint density at radius 2 is 1.96 bits per heavy atom. The lowest BCUT2D eigenvalue weighted by Gasteiger charge is -2.17. The van der Waals surface area contributed by atoms with Crippen molar-refractivity contribution in [3.63, 3.8) is 0 Å². The number of halogens is 2. The maximum Gasteiger partial charge on any atom is 0.341 e. The molecular weight excluding hydrogens is 497 g/mol. The third-order valence-corrected chi connectivity index (χ3v) is 3.99. The average molecular weight is 522 g/mol. The highest BCUT2D eigenvalue weighted by Crippen LogP contribution is 2.17. The summed E-state index contributed by atoms with van der Waals surface area (Å²) in [5.41, 5.74) is 0.419. The van der Waals surface area contributed by atoms with Crippen LogP contribution < -0.4 is 15.4 Å². The van der Waals surface area contributed by atoms with Gasteiger partial charge in [-0.05, 0) is 44.2 Å². The van der Waals surface area contributed by atoms with Gasteiger partial charge >= 0.3 is 5.97 Å². The van der Waals surface area contributed by atoms with Crippen molar-refractivity contribution in [3.05, 3.63) is 52.4 Å². The fourth-order valence-corrected chi connectivity index (χ4v) is 2.49. The number of esters is 1. The van der Waals surface area contributed by atoms with E-state index in [-0.39, 0.29) is 30.1 Å². The number of nitrogens with zero attached hydrogens (tertiary/aromatic N) is 1. The normalized spacial score (nSPS) is 12.0. The molecule has 28 heavy (non-hydrogen) atoms. The third-order valence-electron chi connectivity index (χ3n) is 3.74. The zero-order valence-electron chi connectivity index (χ0n) is 16.2. The van der Waals surface area contributed by atoms with Gasteiger partial charge in [0.05, 0.1) is 20.2 Å². The fraction of sp³-hybridized carbons (Fsp3) is 0.368. The summed E-state index contributed by atoms with van der Waals surface area (Å²) in [6.07, 6.45) is -0.0819. The highest BCUT2D eigenvalue weighted by atomic mass is 127. The summed E-state index contributed by atoms with van der Waals surface area (Å²) in [5.74, 6) is 2.05. The molecule has 0 amide bonds. The summed E-state index contributed by atoms with van der Waals surface area (Å²) in [7, 11) is 3.01. The number of aliphatic imine (C=N–C) groups is 1. The number of carbonyl (C=O) groups excluding carboxylic acids is 1. The van der Waals surface area contributed by atoms with Gasteiger partial charge in [0.1, 0.15) is 28.9 Å². The number of guanidine groups is 1. The van der Waals surface area contributed by atoms with Crippen molar-refractivity contribution in [2.24, 2.45) is 4.99 Å². The second-order valence-electron chi connectivity index (χ2n) is 5.86. The Labute approximate surface area is 186 Å². The van der Waals surface area contributed by atoms with E-state index in [0.29, 0.717) is 41.2 Å². The largest absolute Gasteiger partial charge is 0.489 e. The number of furan rings is 1. The number of rotatable bonds is 7. The SMILES string of the molecule is CN=C(NCc1cc(C(=O)OC)c(C)o1)NCC(C)Oc1ccc(Cl)cc1.I. The quantitative estimate of drug-likeness (QED) is 0.250. The Balaban J connectivity index is 0.00000392. The van der Waals surface area contributed by atoms with E-state index in [1.165, 1.54) is 7.11 Å². The monoisotopic (exact) mass is 521 g/mol. The van der Waals surface area contributed by atoms with Crippen LogP contribution in [0.2, 0.25) is 5.02 Å². The molecule has 0 aliphatic heterocycles. The number of carbonyl (C=O) groups is 1. The first kappa shape index (κ1) is 24.1. The number of methoxy groups -OCH3 is 1. The molecule has 1 aromatic carbocycles. The van der Waals surface area contributed by atoms with E-state index in [0.717, 1.165) is 5.75 Å². The molecule has 2 rings (SSSR count). The van der Waals surface area contributed by atoms with Crippen LogP contribution in [0.15, 0.2) is 39.7 Å². The maximum absolute atomic E-state index is 11.6. The fourth-order valence-electron chi connectivity index (χ4n) is 2.36. The molecule has 0 radical (unpaired) electrons. The summed E-state index contributed by atoms with van der Waals surface area (Å²) in [5, 5.41) is 6.98. The number of benzene rings is 1. The summed E-state index contributed by atoms with van der Waals surface area (Å²) >= 11 is 5.87. The van der Waals surface area contributed by atoms with Crippen LogP contribution in [0.3, 0.4) is 0 Å². The molecule has 154 valence electrons. The molecule has 0 bridgehead atoms. The van der Waals surface area contributed by atoms with E-state index in [2.05, 4.69) is 15.6 Å². The van der Waals surface area contributed by atoms with Crippen LogP contribution >= 0.6 is 35.6 Å². The molecule has 1 atom stereocenters. The predicted molar refractivity (Wildman–Crippen MR) is 120 cm³/mol. The lowest BCUT2D eigenvalue weighted by atomic mass is 10.2. The number of aryl methyl sites for hydroxylation is 1. The molecular formula is C19H25ClIN3O4. The third kappa shape index (κ3) is 7.23. The van der Waals surface area contributed by atoms with Crippen LogP contribution in [0.25, 0.3) is 0 Å². The lowest BCUT2D eigenvalue weighted by Crippen LogP contribution is -2.41. The zero-order chi connectivity index (χ0) is 19.8. The van der Waals surface area contributed by atoms with Crippen molar-refractivity contribution in [3.8, 4) is 5.75 Å². The van der Waals surface area contributed by atoms with Gasteiger partial charge in [0.15, 0.2) is 5.96 Å². The Morgan fingerprint density at radius 1 is 1.29 bits per heavy atom. The van der Waals surface area contributed by atoms with Crippen LogP contribution in [0.5, 0.6) is 5.75 Å². The Morgan fingerprint density at radius 3 is 2.57 bits per heavy atom. The number of ether oxygens (including phenoxy) is 2. The van der Waals surface area contributed by atoms with Gasteiger partial charge < -0.3 is 24.5 Å². The van der Waals surface area contributed by atoms with Crippen molar-refractivity contribution in [2.75, 3.05) is 20.7 Å². The van der Waals surface area contributed by atoms with E-state index in [1.807, 2.05) is 19.1 Å². The van der Waals surface area contributed by atoms with E-state index in [9.17, 15) is 4.79 Å². The molecule has 1 unspecified atom stereocenters. The molecule has 0 spiro atoms. The van der Waals surface area contributed by atoms with Gasteiger partial charge in [-0.2, -0.15) is 0 Å². The van der Waals surface area contributed by atoms with Gasteiger partial charge in [0, 0.05) is 12.1 Å². The second kappa shape index (κ2) is 11.8. The first-order valence-electron chi connectivity index (χ1n) is 8.47. The average Bonchev–Trinajstić information content (AvgIpc) is 3.03. The van der Waals surface area contributed by atoms with Crippen molar-refractivity contribution in [1.82, 2.24) is 10.6 Å². The van der Waals surface area contributed by atoms with Gasteiger partial charge in [-0.25, -0.2) is 4.79 Å². The molecule has 0 saturated carbocycles. The first-order valence-corrected chi connectivity index (χ1v) is 8.85. The lowest BCUT2D eigenvalue weighted by molar-refractivity contribution is 0.0599. The van der Waals surface area contributed by atoms with Gasteiger partial charge in [0.2, 0.25) is 0 Å². The van der Waals surface area contributed by atoms with Gasteiger partial charge in [0.25, 0.3) is 0 Å². The van der Waals surface area contributed by atoms with Crippen LogP contribution in [-0.4, -0.2) is 38.7 Å². The van der Waals surface area contributed by atoms with Gasteiger partial charge in [-0.3, -0.25) is 4.99 Å². The summed E-state index contributed by atoms with van der Waals surface area (Å²) in [6, 6.07) is 8.87. The van der Waals surface area contributed by atoms with Crippen molar-refractivity contribution < 1.29 is 18.7 Å². The standard InChI is InChI=1S/C19H24ClN3O4.HI/c1-12(26-15-7-5-14(20)6-8-15)10-22-19(21-3)23-11-16-9-17(13(2)27-16)18(24)25-4;/h5-9,12H,10-11H2,1-4H3,(H2,21,22,23);1H. The smallest absolute Gasteiger partial charge is 0.341 e. The Bertz CT molecular complexity index is 793. The topological polar surface area (TPSA) is 85.1 Å². The molecule has 2 N–H and O–H groups in total. The summed E-state index contributed by atoms with van der Waals surface area (Å²) in [4.78, 5) is 15.8. The maximum atomic E-state index is 11.6. The van der Waals surface area contributed by atoms with Gasteiger partial charge in [-0.1, -0.05) is 11.6 Å². The molecule has 2 aromatic rings. The number of hydrogen-bond donors (Lipinski definition) is 2. The Kier molecular flexibility index (Phi) is 10.2. The summed E-state index contributed by atoms with van der Waals surface area (Å²) in [6.45, 7) is 4.60. The number of nitrogens with one attached hydrogen (secondary N) is 2. The minimum absolute atomic E-state index is 0. The molecule has 0 aliphatic carbocycles. The van der Waals surface area contributed by atoms with Crippen LogP contribution in [0, 0.1) is 6.92 Å². The van der Waals surface area contributed by atoms with Crippen LogP contribution in [0.4, 0.5) is 0 Å². The van der Waals surface area contributed by atoms with Crippen molar-refractivity contribution >= 4 is 47.5 Å². The minimum Gasteiger partial charge on any atom is -0.489 e.